The summed E-state index contributed by atoms with van der Waals surface area (Å²) in [4.78, 5) is 16.4. The number of nitrogens with zero attached hydrogens (tertiary/aromatic N) is 2. The highest BCUT2D eigenvalue weighted by molar-refractivity contribution is 5.96. The third kappa shape index (κ3) is 4.41. The summed E-state index contributed by atoms with van der Waals surface area (Å²) >= 11 is 0. The SMILES string of the molecule is CC(COC1CCOC1)NC(=O)N1CCCN(C)c2ccc(F)cc21. The molecule has 138 valence electrons. The van der Waals surface area contributed by atoms with Crippen molar-refractivity contribution in [3.63, 3.8) is 0 Å². The van der Waals surface area contributed by atoms with Crippen LogP contribution in [0, 0.1) is 5.82 Å². The Morgan fingerprint density at radius 1 is 1.44 bits per heavy atom. The molecule has 2 heterocycles. The van der Waals surface area contributed by atoms with E-state index >= 15 is 0 Å². The molecular weight excluding hydrogens is 325 g/mol. The summed E-state index contributed by atoms with van der Waals surface area (Å²) in [5.41, 5.74) is 1.47. The molecule has 7 heteroatoms. The number of hydrogen-bond acceptors (Lipinski definition) is 4. The van der Waals surface area contributed by atoms with E-state index in [-0.39, 0.29) is 24.0 Å². The van der Waals surface area contributed by atoms with E-state index in [2.05, 4.69) is 10.2 Å². The van der Waals surface area contributed by atoms with Crippen molar-refractivity contribution in [2.45, 2.75) is 31.9 Å². The van der Waals surface area contributed by atoms with Crippen molar-refractivity contribution in [1.82, 2.24) is 5.32 Å². The van der Waals surface area contributed by atoms with Crippen LogP contribution >= 0.6 is 0 Å². The lowest BCUT2D eigenvalue weighted by atomic mass is 10.2. The highest BCUT2D eigenvalue weighted by Crippen LogP contribution is 2.32. The number of fused-ring (bicyclic) bond motifs is 1. The fourth-order valence-electron chi connectivity index (χ4n) is 3.21. The topological polar surface area (TPSA) is 54.0 Å². The van der Waals surface area contributed by atoms with E-state index in [0.717, 1.165) is 31.7 Å². The van der Waals surface area contributed by atoms with Gasteiger partial charge >= 0.3 is 6.03 Å². The molecule has 1 fully saturated rings. The minimum Gasteiger partial charge on any atom is -0.379 e. The van der Waals surface area contributed by atoms with Crippen molar-refractivity contribution in [1.29, 1.82) is 0 Å². The molecule has 1 N–H and O–H groups in total. The Balaban J connectivity index is 1.64. The van der Waals surface area contributed by atoms with Gasteiger partial charge in [0.15, 0.2) is 0 Å². The van der Waals surface area contributed by atoms with Gasteiger partial charge in [-0.05, 0) is 38.0 Å². The Morgan fingerprint density at radius 2 is 2.28 bits per heavy atom. The third-order valence-corrected chi connectivity index (χ3v) is 4.60. The van der Waals surface area contributed by atoms with Crippen LogP contribution in [0.2, 0.25) is 0 Å². The lowest BCUT2D eigenvalue weighted by Crippen LogP contribution is -2.46. The van der Waals surface area contributed by atoms with Crippen LogP contribution in [0.25, 0.3) is 0 Å². The number of carbonyl (C=O) groups excluding carboxylic acids is 1. The highest BCUT2D eigenvalue weighted by atomic mass is 19.1. The normalized spacial score (nSPS) is 21.6. The van der Waals surface area contributed by atoms with Crippen LogP contribution in [0.15, 0.2) is 18.2 Å². The number of nitrogens with one attached hydrogen (secondary N) is 1. The summed E-state index contributed by atoms with van der Waals surface area (Å²) in [5.74, 6) is -0.343. The number of urea groups is 1. The average Bonchev–Trinajstić information content (AvgIpc) is 3.04. The molecule has 1 aromatic rings. The number of benzene rings is 1. The summed E-state index contributed by atoms with van der Waals surface area (Å²) in [6, 6.07) is 4.22. The number of anilines is 2. The number of hydrogen-bond donors (Lipinski definition) is 1. The molecule has 6 nitrogen and oxygen atoms in total. The molecule has 3 rings (SSSR count). The van der Waals surface area contributed by atoms with E-state index in [4.69, 9.17) is 9.47 Å². The van der Waals surface area contributed by atoms with Gasteiger partial charge in [-0.15, -0.1) is 0 Å². The summed E-state index contributed by atoms with van der Waals surface area (Å²) in [7, 11) is 1.96. The van der Waals surface area contributed by atoms with Gasteiger partial charge < -0.3 is 19.7 Å². The number of halogens is 1. The Labute approximate surface area is 147 Å². The lowest BCUT2D eigenvalue weighted by Gasteiger charge is -2.26. The van der Waals surface area contributed by atoms with Crippen LogP contribution in [0.1, 0.15) is 19.8 Å². The summed E-state index contributed by atoms with van der Waals surface area (Å²) in [6.07, 6.45) is 1.83. The molecule has 0 bridgehead atoms. The summed E-state index contributed by atoms with van der Waals surface area (Å²) in [5, 5.41) is 2.96. The maximum absolute atomic E-state index is 13.7. The van der Waals surface area contributed by atoms with Gasteiger partial charge in [-0.3, -0.25) is 4.90 Å². The van der Waals surface area contributed by atoms with Gasteiger partial charge in [0.2, 0.25) is 0 Å². The second-order valence-electron chi connectivity index (χ2n) is 6.73. The molecule has 2 unspecified atom stereocenters. The molecule has 2 aliphatic rings. The third-order valence-electron chi connectivity index (χ3n) is 4.60. The van der Waals surface area contributed by atoms with Crippen LogP contribution < -0.4 is 15.1 Å². The molecule has 2 aliphatic heterocycles. The van der Waals surface area contributed by atoms with Crippen molar-refractivity contribution in [2.24, 2.45) is 0 Å². The predicted molar refractivity (Wildman–Crippen MR) is 94.8 cm³/mol. The molecule has 25 heavy (non-hydrogen) atoms. The number of amides is 2. The van der Waals surface area contributed by atoms with E-state index < -0.39 is 0 Å². The number of rotatable bonds is 4. The maximum Gasteiger partial charge on any atom is 0.322 e. The summed E-state index contributed by atoms with van der Waals surface area (Å²) in [6.45, 7) is 5.06. The van der Waals surface area contributed by atoms with Crippen LogP contribution in [0.5, 0.6) is 0 Å². The van der Waals surface area contributed by atoms with Crippen LogP contribution in [0.3, 0.4) is 0 Å². The van der Waals surface area contributed by atoms with Gasteiger partial charge in [0.05, 0.1) is 36.7 Å². The quantitative estimate of drug-likeness (QED) is 0.905. The second-order valence-corrected chi connectivity index (χ2v) is 6.73. The van der Waals surface area contributed by atoms with E-state index in [1.165, 1.54) is 12.1 Å². The zero-order valence-electron chi connectivity index (χ0n) is 14.8. The lowest BCUT2D eigenvalue weighted by molar-refractivity contribution is 0.0339. The molecule has 2 amide bonds. The van der Waals surface area contributed by atoms with E-state index in [1.807, 2.05) is 14.0 Å². The average molecular weight is 351 g/mol. The minimum absolute atomic E-state index is 0.112. The Bertz CT molecular complexity index is 607. The van der Waals surface area contributed by atoms with E-state index in [9.17, 15) is 9.18 Å². The standard InChI is InChI=1S/C18H26FN3O3/c1-13(11-25-15-6-9-24-12-15)20-18(23)22-8-3-7-21(2)16-5-4-14(19)10-17(16)22/h4-5,10,13,15H,3,6-9,11-12H2,1-2H3,(H,20,23). The zero-order valence-corrected chi connectivity index (χ0v) is 14.8. The Hall–Kier alpha value is -1.86. The van der Waals surface area contributed by atoms with Crippen molar-refractivity contribution < 1.29 is 18.7 Å². The van der Waals surface area contributed by atoms with Crippen molar-refractivity contribution in [3.05, 3.63) is 24.0 Å². The van der Waals surface area contributed by atoms with Crippen molar-refractivity contribution in [2.75, 3.05) is 49.8 Å². The van der Waals surface area contributed by atoms with Crippen LogP contribution in [-0.4, -0.2) is 58.1 Å². The molecule has 1 saturated heterocycles. The van der Waals surface area contributed by atoms with Gasteiger partial charge in [0.25, 0.3) is 0 Å². The largest absolute Gasteiger partial charge is 0.379 e. The molecule has 2 atom stereocenters. The molecule has 0 spiro atoms. The van der Waals surface area contributed by atoms with Gasteiger partial charge in [-0.2, -0.15) is 0 Å². The van der Waals surface area contributed by atoms with E-state index in [0.29, 0.717) is 25.4 Å². The molecule has 0 aliphatic carbocycles. The fourth-order valence-corrected chi connectivity index (χ4v) is 3.21. The molecule has 0 radical (unpaired) electrons. The first-order chi connectivity index (χ1) is 12.0. The van der Waals surface area contributed by atoms with Crippen molar-refractivity contribution >= 4 is 17.4 Å². The monoisotopic (exact) mass is 351 g/mol. The number of carbonyl (C=O) groups is 1. The zero-order chi connectivity index (χ0) is 17.8. The maximum atomic E-state index is 13.7. The minimum atomic E-state index is -0.343. The van der Waals surface area contributed by atoms with Gasteiger partial charge in [0.1, 0.15) is 5.82 Å². The first-order valence-electron chi connectivity index (χ1n) is 8.82. The van der Waals surface area contributed by atoms with Gasteiger partial charge in [0, 0.05) is 26.7 Å². The fraction of sp³-hybridized carbons (Fsp3) is 0.611. The first-order valence-corrected chi connectivity index (χ1v) is 8.82. The molecular formula is C18H26FN3O3. The summed E-state index contributed by atoms with van der Waals surface area (Å²) < 4.78 is 24.8. The molecule has 1 aromatic carbocycles. The smallest absolute Gasteiger partial charge is 0.322 e. The van der Waals surface area contributed by atoms with Crippen molar-refractivity contribution in [3.8, 4) is 0 Å². The highest BCUT2D eigenvalue weighted by Gasteiger charge is 2.25. The van der Waals surface area contributed by atoms with E-state index in [1.54, 1.807) is 11.0 Å². The van der Waals surface area contributed by atoms with Gasteiger partial charge in [-0.1, -0.05) is 0 Å². The van der Waals surface area contributed by atoms with Crippen LogP contribution in [-0.2, 0) is 9.47 Å². The number of ether oxygens (including phenoxy) is 2. The Morgan fingerprint density at radius 3 is 3.04 bits per heavy atom. The predicted octanol–water partition coefficient (Wildman–Crippen LogP) is 2.38. The Kier molecular flexibility index (Phi) is 5.75. The first kappa shape index (κ1) is 17.9. The second kappa shape index (κ2) is 8.01. The molecule has 0 saturated carbocycles. The van der Waals surface area contributed by atoms with Crippen LogP contribution in [0.4, 0.5) is 20.6 Å². The van der Waals surface area contributed by atoms with Gasteiger partial charge in [-0.25, -0.2) is 9.18 Å². The molecule has 0 aromatic heterocycles.